The van der Waals surface area contributed by atoms with Gasteiger partial charge in [-0.15, -0.1) is 0 Å². The third-order valence-corrected chi connectivity index (χ3v) is 7.59. The van der Waals surface area contributed by atoms with E-state index < -0.39 is 0 Å². The van der Waals surface area contributed by atoms with Gasteiger partial charge < -0.3 is 34.7 Å². The predicted octanol–water partition coefficient (Wildman–Crippen LogP) is 2.21. The number of phenols is 1. The molecule has 0 saturated carbocycles. The summed E-state index contributed by atoms with van der Waals surface area (Å²) in [5.74, 6) is 1.82. The highest BCUT2D eigenvalue weighted by atomic mass is 16.5. The van der Waals surface area contributed by atoms with Crippen molar-refractivity contribution in [2.45, 2.75) is 37.8 Å². The van der Waals surface area contributed by atoms with Crippen LogP contribution in [0.2, 0.25) is 0 Å². The fourth-order valence-corrected chi connectivity index (χ4v) is 5.55. The van der Waals surface area contributed by atoms with Crippen LogP contribution in [0.1, 0.15) is 39.8 Å². The maximum absolute atomic E-state index is 13.6. The summed E-state index contributed by atoms with van der Waals surface area (Å²) < 4.78 is 13.7. The van der Waals surface area contributed by atoms with Crippen LogP contribution in [0.4, 0.5) is 0 Å². The normalized spacial score (nSPS) is 21.0. The van der Waals surface area contributed by atoms with Gasteiger partial charge in [-0.3, -0.25) is 9.59 Å². The number of fused-ring (bicyclic) bond motifs is 7. The molecular formula is C28H31N5O5. The number of nitrogens with zero attached hydrogens (tertiary/aromatic N) is 3. The zero-order valence-electron chi connectivity index (χ0n) is 21.3. The van der Waals surface area contributed by atoms with Crippen molar-refractivity contribution in [2.75, 3.05) is 33.3 Å². The van der Waals surface area contributed by atoms with Gasteiger partial charge in [-0.25, -0.2) is 4.98 Å². The van der Waals surface area contributed by atoms with Crippen molar-refractivity contribution in [3.8, 4) is 23.0 Å². The first kappa shape index (κ1) is 24.3. The Bertz CT molecular complexity index is 1360. The SMILES string of the molecule is COc1ccc2cc1Oc1cc(ccc1O)CCC(=O)N[C@@H]1CN(C(=O)c3cn4c(n3)CCNCC4)C[C@@H]21. The molecule has 0 aliphatic carbocycles. The number of aryl methyl sites for hydroxylation is 1. The molecule has 4 heterocycles. The van der Waals surface area contributed by atoms with Gasteiger partial charge in [0.15, 0.2) is 23.0 Å². The molecule has 1 aromatic heterocycles. The van der Waals surface area contributed by atoms with E-state index in [0.29, 0.717) is 42.5 Å². The van der Waals surface area contributed by atoms with E-state index in [9.17, 15) is 14.7 Å². The van der Waals surface area contributed by atoms with Crippen LogP contribution in [0.5, 0.6) is 23.0 Å². The van der Waals surface area contributed by atoms with Gasteiger partial charge in [-0.2, -0.15) is 0 Å². The minimum absolute atomic E-state index is 0.00490. The highest BCUT2D eigenvalue weighted by Gasteiger charge is 2.38. The number of carbonyl (C=O) groups is 2. The van der Waals surface area contributed by atoms with Crippen LogP contribution in [0.3, 0.4) is 0 Å². The van der Waals surface area contributed by atoms with E-state index >= 15 is 0 Å². The highest BCUT2D eigenvalue weighted by Crippen LogP contribution is 2.40. The molecule has 38 heavy (non-hydrogen) atoms. The number of ether oxygens (including phenoxy) is 2. The van der Waals surface area contributed by atoms with Gasteiger partial charge in [0, 0.05) is 57.7 Å². The van der Waals surface area contributed by atoms with E-state index in [0.717, 1.165) is 43.0 Å². The standard InChI is InChI=1S/C28H31N5O5/c1-37-23-6-4-18-13-25(23)38-24-12-17(2-5-22(24)34)3-7-27(35)31-20-15-33(14-19(18)20)28(36)21-16-32-11-10-29-9-8-26(32)30-21/h2,4-6,12-13,16,19-20,29,34H,3,7-11,14-15H2,1H3,(H,31,35)/t19-,20+/m0/s1. The number of likely N-dealkylation sites (tertiary alicyclic amines) is 1. The average molecular weight is 518 g/mol. The van der Waals surface area contributed by atoms with E-state index in [1.54, 1.807) is 30.2 Å². The van der Waals surface area contributed by atoms with E-state index in [4.69, 9.17) is 9.47 Å². The van der Waals surface area contributed by atoms with Crippen LogP contribution in [-0.2, 0) is 24.2 Å². The second-order valence-electron chi connectivity index (χ2n) is 10.0. The lowest BCUT2D eigenvalue weighted by atomic mass is 9.93. The van der Waals surface area contributed by atoms with Crippen LogP contribution in [0.15, 0.2) is 42.6 Å². The summed E-state index contributed by atoms with van der Waals surface area (Å²) in [6, 6.07) is 10.4. The summed E-state index contributed by atoms with van der Waals surface area (Å²) in [4.78, 5) is 33.0. The number of aromatic hydroxyl groups is 1. The molecule has 3 aliphatic rings. The summed E-state index contributed by atoms with van der Waals surface area (Å²) >= 11 is 0. The Kier molecular flexibility index (Phi) is 6.40. The van der Waals surface area contributed by atoms with Crippen LogP contribution in [-0.4, -0.2) is 70.7 Å². The van der Waals surface area contributed by atoms with Gasteiger partial charge >= 0.3 is 0 Å². The summed E-state index contributed by atoms with van der Waals surface area (Å²) in [5.41, 5.74) is 2.22. The summed E-state index contributed by atoms with van der Waals surface area (Å²) in [5, 5.41) is 16.9. The van der Waals surface area contributed by atoms with Gasteiger partial charge in [0.05, 0.1) is 13.2 Å². The van der Waals surface area contributed by atoms with Crippen LogP contribution in [0, 0.1) is 0 Å². The number of methoxy groups -OCH3 is 1. The number of nitrogens with one attached hydrogen (secondary N) is 2. The molecule has 2 amide bonds. The average Bonchev–Trinajstić information content (AvgIpc) is 3.46. The van der Waals surface area contributed by atoms with Crippen molar-refractivity contribution in [1.82, 2.24) is 25.1 Å². The molecule has 3 aliphatic heterocycles. The molecule has 198 valence electrons. The van der Waals surface area contributed by atoms with Crippen molar-refractivity contribution >= 4 is 11.8 Å². The number of benzene rings is 2. The molecule has 0 spiro atoms. The Morgan fingerprint density at radius 2 is 2.00 bits per heavy atom. The molecule has 0 radical (unpaired) electrons. The number of rotatable bonds is 2. The molecule has 10 heteroatoms. The monoisotopic (exact) mass is 517 g/mol. The lowest BCUT2D eigenvalue weighted by Crippen LogP contribution is -2.40. The van der Waals surface area contributed by atoms with E-state index in [1.165, 1.54) is 0 Å². The van der Waals surface area contributed by atoms with Gasteiger partial charge in [0.1, 0.15) is 11.5 Å². The number of imidazole rings is 1. The first-order chi connectivity index (χ1) is 18.5. The number of amides is 2. The quantitative estimate of drug-likeness (QED) is 0.477. The number of carbonyl (C=O) groups excluding carboxylic acids is 2. The molecule has 10 nitrogen and oxygen atoms in total. The Labute approximate surface area is 220 Å². The molecule has 4 bridgehead atoms. The van der Waals surface area contributed by atoms with Gasteiger partial charge in [0.25, 0.3) is 5.91 Å². The molecule has 0 unspecified atom stereocenters. The van der Waals surface area contributed by atoms with Gasteiger partial charge in [-0.05, 0) is 41.8 Å². The van der Waals surface area contributed by atoms with Crippen LogP contribution >= 0.6 is 0 Å². The van der Waals surface area contributed by atoms with Crippen molar-refractivity contribution in [3.05, 3.63) is 65.2 Å². The number of hydrogen-bond acceptors (Lipinski definition) is 7. The zero-order chi connectivity index (χ0) is 26.2. The fraction of sp³-hybridized carbons (Fsp3) is 0.393. The van der Waals surface area contributed by atoms with E-state index in [-0.39, 0.29) is 35.9 Å². The maximum atomic E-state index is 13.6. The van der Waals surface area contributed by atoms with Crippen molar-refractivity contribution in [3.63, 3.8) is 0 Å². The second-order valence-corrected chi connectivity index (χ2v) is 10.0. The fourth-order valence-electron chi connectivity index (χ4n) is 5.55. The summed E-state index contributed by atoms with van der Waals surface area (Å²) in [6.07, 6.45) is 3.40. The lowest BCUT2D eigenvalue weighted by molar-refractivity contribution is -0.121. The first-order valence-electron chi connectivity index (χ1n) is 13.0. The Morgan fingerprint density at radius 3 is 2.87 bits per heavy atom. The number of aromatic nitrogens is 2. The Hall–Kier alpha value is -4.05. The lowest BCUT2D eigenvalue weighted by Gasteiger charge is -2.21. The molecule has 6 rings (SSSR count). The molecule has 2 aromatic carbocycles. The largest absolute Gasteiger partial charge is 0.504 e. The van der Waals surface area contributed by atoms with Crippen molar-refractivity contribution in [2.24, 2.45) is 0 Å². The van der Waals surface area contributed by atoms with Crippen molar-refractivity contribution < 1.29 is 24.2 Å². The topological polar surface area (TPSA) is 118 Å². The van der Waals surface area contributed by atoms with Gasteiger partial charge in [0.2, 0.25) is 5.91 Å². The third-order valence-electron chi connectivity index (χ3n) is 7.59. The van der Waals surface area contributed by atoms with E-state index in [1.807, 2.05) is 24.4 Å². The molecule has 2 atom stereocenters. The minimum atomic E-state index is -0.269. The summed E-state index contributed by atoms with van der Waals surface area (Å²) in [7, 11) is 1.56. The number of hydrogen-bond donors (Lipinski definition) is 3. The summed E-state index contributed by atoms with van der Waals surface area (Å²) in [6.45, 7) is 3.28. The Balaban J connectivity index is 1.33. The third kappa shape index (κ3) is 4.67. The van der Waals surface area contributed by atoms with Crippen LogP contribution < -0.4 is 20.1 Å². The zero-order valence-corrected chi connectivity index (χ0v) is 21.3. The molecule has 1 saturated heterocycles. The predicted molar refractivity (Wildman–Crippen MR) is 139 cm³/mol. The van der Waals surface area contributed by atoms with Crippen molar-refractivity contribution in [1.29, 1.82) is 0 Å². The minimum Gasteiger partial charge on any atom is -0.504 e. The smallest absolute Gasteiger partial charge is 0.274 e. The molecule has 3 N–H and O–H groups in total. The molecule has 1 fully saturated rings. The second kappa shape index (κ2) is 10.0. The van der Waals surface area contributed by atoms with Crippen LogP contribution in [0.25, 0.3) is 0 Å². The molecule has 3 aromatic rings. The van der Waals surface area contributed by atoms with Gasteiger partial charge in [-0.1, -0.05) is 12.1 Å². The number of phenolic OH excluding ortho intramolecular Hbond substituents is 1. The first-order valence-corrected chi connectivity index (χ1v) is 13.0. The molecular weight excluding hydrogens is 486 g/mol. The maximum Gasteiger partial charge on any atom is 0.274 e. The Morgan fingerprint density at radius 1 is 1.11 bits per heavy atom. The van der Waals surface area contributed by atoms with E-state index in [2.05, 4.69) is 20.2 Å². The highest BCUT2D eigenvalue weighted by molar-refractivity contribution is 5.92.